The first kappa shape index (κ1) is 21.1. The topological polar surface area (TPSA) is 83.1 Å². The zero-order chi connectivity index (χ0) is 18.7. The zero-order valence-electron chi connectivity index (χ0n) is 15.3. The van der Waals surface area contributed by atoms with Crippen molar-refractivity contribution in [1.82, 2.24) is 4.72 Å². The van der Waals surface area contributed by atoms with E-state index in [0.29, 0.717) is 51.7 Å². The molecule has 1 N–H and O–H groups in total. The average Bonchev–Trinajstić information content (AvgIpc) is 3.15. The van der Waals surface area contributed by atoms with E-state index in [1.807, 2.05) is 6.92 Å². The lowest BCUT2D eigenvalue weighted by Crippen LogP contribution is -2.26. The van der Waals surface area contributed by atoms with Crippen molar-refractivity contribution in [2.75, 3.05) is 46.2 Å². The molecule has 0 aromatic heterocycles. The Morgan fingerprint density at radius 3 is 2.65 bits per heavy atom. The summed E-state index contributed by atoms with van der Waals surface area (Å²) in [5.41, 5.74) is 0. The van der Waals surface area contributed by atoms with E-state index in [0.717, 1.165) is 19.4 Å². The molecule has 0 saturated carbocycles. The van der Waals surface area contributed by atoms with E-state index >= 15 is 0 Å². The largest absolute Gasteiger partial charge is 0.491 e. The summed E-state index contributed by atoms with van der Waals surface area (Å²) in [5.74, 6) is 0.617. The Kier molecular flexibility index (Phi) is 9.35. The molecule has 2 rings (SSSR count). The number of sulfonamides is 1. The van der Waals surface area contributed by atoms with Crippen LogP contribution < -0.4 is 9.46 Å². The maximum atomic E-state index is 12.3. The van der Waals surface area contributed by atoms with Crippen LogP contribution in [0.5, 0.6) is 5.75 Å². The van der Waals surface area contributed by atoms with Gasteiger partial charge in [-0.15, -0.1) is 0 Å². The Morgan fingerprint density at radius 2 is 1.96 bits per heavy atom. The van der Waals surface area contributed by atoms with Gasteiger partial charge in [0.1, 0.15) is 12.4 Å². The van der Waals surface area contributed by atoms with Crippen molar-refractivity contribution in [3.63, 3.8) is 0 Å². The third kappa shape index (κ3) is 7.59. The molecule has 26 heavy (non-hydrogen) atoms. The Balaban J connectivity index is 1.64. The minimum absolute atomic E-state index is 0.195. The molecular formula is C18H29NO6S. The molecule has 1 aliphatic heterocycles. The molecule has 1 aliphatic rings. The van der Waals surface area contributed by atoms with Crippen molar-refractivity contribution in [2.45, 2.75) is 37.2 Å². The molecule has 1 atom stereocenters. The number of benzene rings is 1. The second-order valence-electron chi connectivity index (χ2n) is 5.98. The van der Waals surface area contributed by atoms with Gasteiger partial charge in [-0.3, -0.25) is 0 Å². The maximum Gasteiger partial charge on any atom is 0.240 e. The Hall–Kier alpha value is -1.19. The van der Waals surface area contributed by atoms with Gasteiger partial charge >= 0.3 is 0 Å². The van der Waals surface area contributed by atoms with E-state index in [9.17, 15) is 8.42 Å². The summed E-state index contributed by atoms with van der Waals surface area (Å²) in [4.78, 5) is 0.218. The van der Waals surface area contributed by atoms with Crippen LogP contribution in [-0.2, 0) is 24.2 Å². The van der Waals surface area contributed by atoms with Gasteiger partial charge in [0.25, 0.3) is 0 Å². The molecule has 1 unspecified atom stereocenters. The molecule has 0 amide bonds. The smallest absolute Gasteiger partial charge is 0.240 e. The number of hydrogen-bond donors (Lipinski definition) is 1. The summed E-state index contributed by atoms with van der Waals surface area (Å²) in [6.45, 7) is 5.74. The van der Waals surface area contributed by atoms with Crippen LogP contribution in [0.1, 0.15) is 26.2 Å². The fourth-order valence-corrected chi connectivity index (χ4v) is 3.61. The number of nitrogens with one attached hydrogen (secondary N) is 1. The van der Waals surface area contributed by atoms with Gasteiger partial charge in [-0.2, -0.15) is 0 Å². The summed E-state index contributed by atoms with van der Waals surface area (Å²) in [7, 11) is -3.52. The first-order valence-electron chi connectivity index (χ1n) is 9.11. The highest BCUT2D eigenvalue weighted by Gasteiger charge is 2.16. The summed E-state index contributed by atoms with van der Waals surface area (Å²) in [6.07, 6.45) is 2.94. The highest BCUT2D eigenvalue weighted by atomic mass is 32.2. The Labute approximate surface area is 156 Å². The van der Waals surface area contributed by atoms with Gasteiger partial charge in [-0.25, -0.2) is 13.1 Å². The second kappa shape index (κ2) is 11.5. The molecule has 0 spiro atoms. The molecule has 1 saturated heterocycles. The highest BCUT2D eigenvalue weighted by Crippen LogP contribution is 2.16. The van der Waals surface area contributed by atoms with Gasteiger partial charge in [0.05, 0.1) is 24.2 Å². The first-order chi connectivity index (χ1) is 12.6. The third-order valence-corrected chi connectivity index (χ3v) is 5.40. The van der Waals surface area contributed by atoms with Crippen molar-refractivity contribution < 1.29 is 27.4 Å². The minimum Gasteiger partial charge on any atom is -0.491 e. The van der Waals surface area contributed by atoms with E-state index in [-0.39, 0.29) is 11.0 Å². The van der Waals surface area contributed by atoms with Crippen molar-refractivity contribution >= 4 is 10.0 Å². The molecule has 1 aromatic carbocycles. The Bertz CT molecular complexity index is 599. The molecule has 1 heterocycles. The zero-order valence-corrected chi connectivity index (χ0v) is 16.1. The quantitative estimate of drug-likeness (QED) is 0.521. The molecule has 148 valence electrons. The first-order valence-corrected chi connectivity index (χ1v) is 10.6. The van der Waals surface area contributed by atoms with E-state index in [4.69, 9.17) is 18.9 Å². The van der Waals surface area contributed by atoms with Crippen molar-refractivity contribution in [3.8, 4) is 5.75 Å². The van der Waals surface area contributed by atoms with Gasteiger partial charge in [-0.1, -0.05) is 0 Å². The van der Waals surface area contributed by atoms with Crippen LogP contribution in [-0.4, -0.2) is 60.7 Å². The van der Waals surface area contributed by atoms with Gasteiger partial charge in [0, 0.05) is 26.4 Å². The maximum absolute atomic E-state index is 12.3. The molecule has 7 nitrogen and oxygen atoms in total. The normalized spacial score (nSPS) is 17.5. The monoisotopic (exact) mass is 387 g/mol. The average molecular weight is 387 g/mol. The molecule has 1 aromatic rings. The summed E-state index contributed by atoms with van der Waals surface area (Å²) < 4.78 is 48.7. The van der Waals surface area contributed by atoms with Crippen LogP contribution in [0.3, 0.4) is 0 Å². The predicted molar refractivity (Wildman–Crippen MR) is 98.0 cm³/mol. The van der Waals surface area contributed by atoms with Crippen LogP contribution in [0.25, 0.3) is 0 Å². The van der Waals surface area contributed by atoms with E-state index in [1.165, 1.54) is 12.1 Å². The fourth-order valence-electron chi connectivity index (χ4n) is 2.53. The van der Waals surface area contributed by atoms with Crippen molar-refractivity contribution in [3.05, 3.63) is 24.3 Å². The van der Waals surface area contributed by atoms with E-state index in [2.05, 4.69) is 4.72 Å². The lowest BCUT2D eigenvalue weighted by atomic mass is 10.2. The SMILES string of the molecule is CCOCCOc1ccc(S(=O)(=O)NCCCOCC2CCCO2)cc1. The Morgan fingerprint density at radius 1 is 1.15 bits per heavy atom. The van der Waals surface area contributed by atoms with Crippen LogP contribution in [0.4, 0.5) is 0 Å². The summed E-state index contributed by atoms with van der Waals surface area (Å²) >= 11 is 0. The number of ether oxygens (including phenoxy) is 4. The molecule has 8 heteroatoms. The molecule has 0 aliphatic carbocycles. The predicted octanol–water partition coefficient (Wildman–Crippen LogP) is 1.97. The lowest BCUT2D eigenvalue weighted by molar-refractivity contribution is 0.0169. The van der Waals surface area contributed by atoms with Crippen LogP contribution in [0.15, 0.2) is 29.2 Å². The standard InChI is InChI=1S/C18H29NO6S/c1-2-22-13-14-25-16-6-8-18(9-7-16)26(20,21)19-10-4-11-23-15-17-5-3-12-24-17/h6-9,17,19H,2-5,10-15H2,1H3. The van der Waals surface area contributed by atoms with Crippen molar-refractivity contribution in [2.24, 2.45) is 0 Å². The third-order valence-electron chi connectivity index (χ3n) is 3.92. The van der Waals surface area contributed by atoms with Gasteiger partial charge in [-0.05, 0) is 50.5 Å². The molecule has 0 radical (unpaired) electrons. The van der Waals surface area contributed by atoms with Gasteiger partial charge in [0.2, 0.25) is 10.0 Å². The molecular weight excluding hydrogens is 358 g/mol. The molecule has 1 fully saturated rings. The van der Waals surface area contributed by atoms with E-state index < -0.39 is 10.0 Å². The molecule has 0 bridgehead atoms. The number of hydrogen-bond acceptors (Lipinski definition) is 6. The van der Waals surface area contributed by atoms with Crippen LogP contribution in [0, 0.1) is 0 Å². The van der Waals surface area contributed by atoms with Crippen molar-refractivity contribution in [1.29, 1.82) is 0 Å². The van der Waals surface area contributed by atoms with Gasteiger partial charge < -0.3 is 18.9 Å². The van der Waals surface area contributed by atoms with Gasteiger partial charge in [0.15, 0.2) is 0 Å². The summed E-state index contributed by atoms with van der Waals surface area (Å²) in [6, 6.07) is 6.36. The second-order valence-corrected chi connectivity index (χ2v) is 7.75. The summed E-state index contributed by atoms with van der Waals surface area (Å²) in [5, 5.41) is 0. The van der Waals surface area contributed by atoms with E-state index in [1.54, 1.807) is 12.1 Å². The minimum atomic E-state index is -3.52. The lowest BCUT2D eigenvalue weighted by Gasteiger charge is -2.11. The van der Waals surface area contributed by atoms with Crippen LogP contribution >= 0.6 is 0 Å². The highest BCUT2D eigenvalue weighted by molar-refractivity contribution is 7.89. The van der Waals surface area contributed by atoms with Crippen LogP contribution in [0.2, 0.25) is 0 Å². The number of rotatable bonds is 13. The fraction of sp³-hybridized carbons (Fsp3) is 0.667.